The lowest BCUT2D eigenvalue weighted by atomic mass is 9.89. The Bertz CT molecular complexity index is 811. The maximum atomic E-state index is 12.5. The van der Waals surface area contributed by atoms with Crippen molar-refractivity contribution >= 4 is 27.5 Å². The summed E-state index contributed by atoms with van der Waals surface area (Å²) < 4.78 is 10.3. The van der Waals surface area contributed by atoms with Crippen molar-refractivity contribution in [2.45, 2.75) is 46.1 Å². The molecule has 0 saturated carbocycles. The molecule has 0 spiro atoms. The zero-order chi connectivity index (χ0) is 17.3. The maximum absolute atomic E-state index is 12.5. The summed E-state index contributed by atoms with van der Waals surface area (Å²) >= 11 is 1.59. The molecule has 2 aromatic heterocycles. The van der Waals surface area contributed by atoms with Gasteiger partial charge in [-0.2, -0.15) is 0 Å². The number of hydrogen-bond donors (Lipinski definition) is 1. The van der Waals surface area contributed by atoms with E-state index in [1.54, 1.807) is 18.3 Å². The number of nitrogens with zero attached hydrogens (tertiary/aromatic N) is 1. The van der Waals surface area contributed by atoms with Crippen LogP contribution in [0.25, 0.3) is 10.2 Å². The van der Waals surface area contributed by atoms with Crippen LogP contribution in [-0.4, -0.2) is 29.2 Å². The van der Waals surface area contributed by atoms with Crippen molar-refractivity contribution in [3.05, 3.63) is 26.6 Å². The van der Waals surface area contributed by atoms with Gasteiger partial charge in [0.25, 0.3) is 5.56 Å². The van der Waals surface area contributed by atoms with E-state index in [1.165, 1.54) is 4.88 Å². The highest BCUT2D eigenvalue weighted by molar-refractivity contribution is 7.18. The molecule has 0 amide bonds. The third-order valence-corrected chi connectivity index (χ3v) is 5.45. The van der Waals surface area contributed by atoms with Gasteiger partial charge in [-0.25, -0.2) is 9.78 Å². The first-order valence-corrected chi connectivity index (χ1v) is 9.13. The van der Waals surface area contributed by atoms with Gasteiger partial charge in [-0.3, -0.25) is 4.79 Å². The Kier molecular flexibility index (Phi) is 5.01. The molecule has 2 atom stereocenters. The lowest BCUT2D eigenvalue weighted by Gasteiger charge is -2.17. The Labute approximate surface area is 144 Å². The predicted molar refractivity (Wildman–Crippen MR) is 92.4 cm³/mol. The summed E-state index contributed by atoms with van der Waals surface area (Å²) in [5.41, 5.74) is 1.00. The first kappa shape index (κ1) is 17.1. The van der Waals surface area contributed by atoms with Gasteiger partial charge in [0.05, 0.1) is 5.39 Å². The van der Waals surface area contributed by atoms with Crippen molar-refractivity contribution in [1.82, 2.24) is 9.97 Å². The second kappa shape index (κ2) is 7.03. The molecule has 130 valence electrons. The first-order valence-electron chi connectivity index (χ1n) is 8.31. The van der Waals surface area contributed by atoms with E-state index in [4.69, 9.17) is 9.47 Å². The molecule has 24 heavy (non-hydrogen) atoms. The Morgan fingerprint density at radius 3 is 3.04 bits per heavy atom. The molecular weight excluding hydrogens is 328 g/mol. The van der Waals surface area contributed by atoms with E-state index < -0.39 is 12.1 Å². The summed E-state index contributed by atoms with van der Waals surface area (Å²) in [5.74, 6) is 0.554. The van der Waals surface area contributed by atoms with Crippen molar-refractivity contribution in [2.75, 3.05) is 13.2 Å². The van der Waals surface area contributed by atoms with Crippen LogP contribution in [0.4, 0.5) is 0 Å². The number of nitrogens with one attached hydrogen (secondary N) is 1. The Morgan fingerprint density at radius 1 is 1.50 bits per heavy atom. The number of rotatable bonds is 5. The molecule has 2 aromatic rings. The van der Waals surface area contributed by atoms with Gasteiger partial charge in [0.15, 0.2) is 11.9 Å². The van der Waals surface area contributed by atoms with Crippen molar-refractivity contribution in [3.8, 4) is 0 Å². The van der Waals surface area contributed by atoms with Crippen LogP contribution in [0.5, 0.6) is 0 Å². The summed E-state index contributed by atoms with van der Waals surface area (Å²) in [6.45, 7) is 6.09. The number of aryl methyl sites for hydroxylation is 1. The summed E-state index contributed by atoms with van der Waals surface area (Å²) in [6.07, 6.45) is 2.42. The molecule has 0 saturated heterocycles. The van der Waals surface area contributed by atoms with Crippen LogP contribution in [0, 0.1) is 5.92 Å². The summed E-state index contributed by atoms with van der Waals surface area (Å²) in [6, 6.07) is 0. The van der Waals surface area contributed by atoms with Crippen molar-refractivity contribution in [3.63, 3.8) is 0 Å². The number of aromatic amines is 1. The molecule has 1 aliphatic carbocycles. The highest BCUT2D eigenvalue weighted by atomic mass is 32.1. The van der Waals surface area contributed by atoms with Crippen LogP contribution in [0.2, 0.25) is 0 Å². The quantitative estimate of drug-likeness (QED) is 0.839. The van der Waals surface area contributed by atoms with Gasteiger partial charge < -0.3 is 14.5 Å². The molecule has 0 bridgehead atoms. The minimum absolute atomic E-state index is 0.0987. The molecule has 1 aliphatic rings. The molecule has 0 radical (unpaired) electrons. The average Bonchev–Trinajstić information content (AvgIpc) is 2.90. The third-order valence-electron chi connectivity index (χ3n) is 4.30. The number of fused-ring (bicyclic) bond motifs is 3. The van der Waals surface area contributed by atoms with Crippen LogP contribution in [0.15, 0.2) is 4.79 Å². The number of ether oxygens (including phenoxy) is 2. The fraction of sp³-hybridized carbons (Fsp3) is 0.588. The number of hydrogen-bond acceptors (Lipinski definition) is 6. The number of carbonyl (C=O) groups excluding carboxylic acids is 1. The van der Waals surface area contributed by atoms with Crippen molar-refractivity contribution in [1.29, 1.82) is 0 Å². The second-order valence-electron chi connectivity index (χ2n) is 6.25. The number of thiophene rings is 1. The van der Waals surface area contributed by atoms with Crippen LogP contribution in [0.1, 0.15) is 49.6 Å². The highest BCUT2D eigenvalue weighted by Gasteiger charge is 2.24. The molecular formula is C17H22N2O4S. The van der Waals surface area contributed by atoms with Crippen LogP contribution in [-0.2, 0) is 27.1 Å². The van der Waals surface area contributed by atoms with Gasteiger partial charge in [0.1, 0.15) is 11.4 Å². The van der Waals surface area contributed by atoms with Crippen LogP contribution >= 0.6 is 11.3 Å². The summed E-state index contributed by atoms with van der Waals surface area (Å²) in [5, 5.41) is 0.707. The third kappa shape index (κ3) is 3.37. The SMILES string of the molecule is CCOCC(=O)O[C@@H](C)c1nc2sc3c(c2c(=O)[nH]1)CC[C@H](C)C3. The van der Waals surface area contributed by atoms with Crippen LogP contribution < -0.4 is 5.56 Å². The van der Waals surface area contributed by atoms with Gasteiger partial charge in [0, 0.05) is 11.5 Å². The normalized spacial score (nSPS) is 18.4. The molecule has 2 heterocycles. The highest BCUT2D eigenvalue weighted by Crippen LogP contribution is 2.35. The van der Waals surface area contributed by atoms with Gasteiger partial charge in [-0.05, 0) is 44.6 Å². The Hall–Kier alpha value is -1.73. The lowest BCUT2D eigenvalue weighted by molar-refractivity contribution is -0.154. The van der Waals surface area contributed by atoms with Crippen molar-refractivity contribution in [2.24, 2.45) is 5.92 Å². The predicted octanol–water partition coefficient (Wildman–Crippen LogP) is 2.75. The number of esters is 1. The van der Waals surface area contributed by atoms with Gasteiger partial charge in [-0.15, -0.1) is 11.3 Å². The molecule has 0 fully saturated rings. The maximum Gasteiger partial charge on any atom is 0.332 e. The van der Waals surface area contributed by atoms with E-state index in [0.29, 0.717) is 23.7 Å². The second-order valence-corrected chi connectivity index (χ2v) is 7.34. The minimum atomic E-state index is -0.617. The van der Waals surface area contributed by atoms with E-state index in [1.807, 2.05) is 6.92 Å². The van der Waals surface area contributed by atoms with Gasteiger partial charge in [-0.1, -0.05) is 6.92 Å². The van der Waals surface area contributed by atoms with E-state index in [-0.39, 0.29) is 12.2 Å². The fourth-order valence-electron chi connectivity index (χ4n) is 3.03. The number of aromatic nitrogens is 2. The largest absolute Gasteiger partial charge is 0.453 e. The zero-order valence-electron chi connectivity index (χ0n) is 14.2. The molecule has 3 rings (SSSR count). The molecule has 6 nitrogen and oxygen atoms in total. The standard InChI is InChI=1S/C17H22N2O4S/c1-4-22-8-13(20)23-10(3)15-18-16(21)14-11-6-5-9(2)7-12(11)24-17(14)19-15/h9-10H,4-8H2,1-3H3,(H,18,19,21)/t9-,10-/m0/s1. The van der Waals surface area contributed by atoms with E-state index in [0.717, 1.165) is 29.7 Å². The van der Waals surface area contributed by atoms with E-state index in [2.05, 4.69) is 16.9 Å². The Balaban J connectivity index is 1.88. The molecule has 0 aromatic carbocycles. The molecule has 0 aliphatic heterocycles. The number of carbonyl (C=O) groups is 1. The van der Waals surface area contributed by atoms with Crippen LogP contribution in [0.3, 0.4) is 0 Å². The van der Waals surface area contributed by atoms with Crippen molar-refractivity contribution < 1.29 is 14.3 Å². The number of H-pyrrole nitrogens is 1. The fourth-order valence-corrected chi connectivity index (χ4v) is 4.42. The Morgan fingerprint density at radius 2 is 2.29 bits per heavy atom. The molecule has 7 heteroatoms. The topological polar surface area (TPSA) is 81.3 Å². The lowest BCUT2D eigenvalue weighted by Crippen LogP contribution is -2.20. The van der Waals surface area contributed by atoms with Gasteiger partial charge in [0.2, 0.25) is 0 Å². The van der Waals surface area contributed by atoms with E-state index >= 15 is 0 Å². The first-order chi connectivity index (χ1) is 11.5. The summed E-state index contributed by atoms with van der Waals surface area (Å²) in [4.78, 5) is 33.5. The minimum Gasteiger partial charge on any atom is -0.453 e. The average molecular weight is 350 g/mol. The van der Waals surface area contributed by atoms with E-state index in [9.17, 15) is 9.59 Å². The summed E-state index contributed by atoms with van der Waals surface area (Å²) in [7, 11) is 0. The smallest absolute Gasteiger partial charge is 0.332 e. The monoisotopic (exact) mass is 350 g/mol. The van der Waals surface area contributed by atoms with Gasteiger partial charge >= 0.3 is 5.97 Å². The zero-order valence-corrected chi connectivity index (χ0v) is 15.0. The molecule has 1 N–H and O–H groups in total. The molecule has 0 unspecified atom stereocenters.